The van der Waals surface area contributed by atoms with Gasteiger partial charge in [-0.25, -0.2) is 0 Å². The first kappa shape index (κ1) is 15.0. The smallest absolute Gasteiger partial charge is 0.146 e. The van der Waals surface area contributed by atoms with Crippen LogP contribution in [0.4, 0.5) is 0 Å². The van der Waals surface area contributed by atoms with Crippen molar-refractivity contribution in [3.8, 4) is 11.5 Å². The number of ether oxygens (including phenoxy) is 1. The third-order valence-corrected chi connectivity index (χ3v) is 3.15. The van der Waals surface area contributed by atoms with Crippen LogP contribution < -0.4 is 10.1 Å². The molecule has 0 aliphatic heterocycles. The summed E-state index contributed by atoms with van der Waals surface area (Å²) in [4.78, 5) is 4.07. The zero-order chi connectivity index (χ0) is 14.4. The van der Waals surface area contributed by atoms with Gasteiger partial charge in [-0.05, 0) is 52.2 Å². The summed E-state index contributed by atoms with van der Waals surface area (Å²) in [7, 11) is 0. The van der Waals surface area contributed by atoms with Crippen LogP contribution in [0.3, 0.4) is 0 Å². The van der Waals surface area contributed by atoms with E-state index in [1.807, 2.05) is 18.2 Å². The number of nitrogens with one attached hydrogen (secondary N) is 1. The molecule has 0 saturated heterocycles. The van der Waals surface area contributed by atoms with Gasteiger partial charge in [-0.15, -0.1) is 0 Å². The first-order valence-electron chi connectivity index (χ1n) is 6.71. The molecule has 1 heterocycles. The van der Waals surface area contributed by atoms with E-state index in [4.69, 9.17) is 4.74 Å². The van der Waals surface area contributed by atoms with E-state index in [1.165, 1.54) is 5.56 Å². The maximum absolute atomic E-state index is 5.74. The van der Waals surface area contributed by atoms with Crippen molar-refractivity contribution in [3.05, 3.63) is 52.8 Å². The molecule has 20 heavy (non-hydrogen) atoms. The van der Waals surface area contributed by atoms with Crippen LogP contribution in [0.5, 0.6) is 11.5 Å². The van der Waals surface area contributed by atoms with Crippen LogP contribution in [0.25, 0.3) is 0 Å². The Bertz CT molecular complexity index is 540. The van der Waals surface area contributed by atoms with Crippen molar-refractivity contribution in [3.63, 3.8) is 0 Å². The van der Waals surface area contributed by atoms with Crippen LogP contribution in [0.2, 0.25) is 0 Å². The normalized spacial score (nSPS) is 10.8. The topological polar surface area (TPSA) is 34.1 Å². The molecule has 2 rings (SSSR count). The minimum absolute atomic E-state index is 0.668. The van der Waals surface area contributed by atoms with Gasteiger partial charge >= 0.3 is 0 Å². The molecule has 1 N–H and O–H groups in total. The second-order valence-corrected chi connectivity index (χ2v) is 6.03. The molecule has 0 aliphatic carbocycles. The number of halogens is 1. The Kier molecular flexibility index (Phi) is 5.56. The molecule has 0 spiro atoms. The van der Waals surface area contributed by atoms with Crippen LogP contribution in [0, 0.1) is 5.92 Å². The second kappa shape index (κ2) is 7.41. The molecule has 106 valence electrons. The van der Waals surface area contributed by atoms with Crippen molar-refractivity contribution in [1.82, 2.24) is 10.3 Å². The number of pyridine rings is 1. The van der Waals surface area contributed by atoms with Crippen LogP contribution in [0.1, 0.15) is 19.4 Å². The van der Waals surface area contributed by atoms with Gasteiger partial charge in [0.15, 0.2) is 0 Å². The molecule has 3 nitrogen and oxygen atoms in total. The van der Waals surface area contributed by atoms with Gasteiger partial charge in [0.2, 0.25) is 0 Å². The average Bonchev–Trinajstić information content (AvgIpc) is 2.40. The highest BCUT2D eigenvalue weighted by atomic mass is 79.9. The van der Waals surface area contributed by atoms with Gasteiger partial charge in [0.25, 0.3) is 0 Å². The molecule has 0 aliphatic rings. The molecule has 2 aromatic rings. The number of rotatable bonds is 6. The minimum Gasteiger partial charge on any atom is -0.456 e. The maximum Gasteiger partial charge on any atom is 0.146 e. The van der Waals surface area contributed by atoms with E-state index in [9.17, 15) is 0 Å². The third kappa shape index (κ3) is 4.94. The van der Waals surface area contributed by atoms with E-state index in [-0.39, 0.29) is 0 Å². The SMILES string of the molecule is CC(C)CNCc1ccc(Oc2cncc(Br)c2)cc1. The first-order chi connectivity index (χ1) is 9.63. The van der Waals surface area contributed by atoms with E-state index >= 15 is 0 Å². The summed E-state index contributed by atoms with van der Waals surface area (Å²) in [6.07, 6.45) is 3.43. The zero-order valence-corrected chi connectivity index (χ0v) is 13.4. The predicted octanol–water partition coefficient (Wildman–Crippen LogP) is 4.38. The van der Waals surface area contributed by atoms with Crippen molar-refractivity contribution < 1.29 is 4.74 Å². The largest absolute Gasteiger partial charge is 0.456 e. The fourth-order valence-electron chi connectivity index (χ4n) is 1.76. The maximum atomic E-state index is 5.74. The van der Waals surface area contributed by atoms with Crippen LogP contribution in [-0.4, -0.2) is 11.5 Å². The van der Waals surface area contributed by atoms with Crippen molar-refractivity contribution in [2.75, 3.05) is 6.54 Å². The third-order valence-electron chi connectivity index (χ3n) is 2.72. The quantitative estimate of drug-likeness (QED) is 0.851. The van der Waals surface area contributed by atoms with E-state index in [0.29, 0.717) is 5.92 Å². The predicted molar refractivity (Wildman–Crippen MR) is 85.0 cm³/mol. The average molecular weight is 335 g/mol. The van der Waals surface area contributed by atoms with Crippen LogP contribution in [-0.2, 0) is 6.54 Å². The van der Waals surface area contributed by atoms with Crippen molar-refractivity contribution >= 4 is 15.9 Å². The summed E-state index contributed by atoms with van der Waals surface area (Å²) in [6.45, 7) is 6.32. The van der Waals surface area contributed by atoms with E-state index in [2.05, 4.69) is 52.2 Å². The molecule has 0 fully saturated rings. The van der Waals surface area contributed by atoms with Gasteiger partial charge < -0.3 is 10.1 Å². The molecule has 0 saturated carbocycles. The van der Waals surface area contributed by atoms with Gasteiger partial charge in [0.05, 0.1) is 6.20 Å². The molecule has 0 atom stereocenters. The van der Waals surface area contributed by atoms with Gasteiger partial charge in [-0.3, -0.25) is 4.98 Å². The summed E-state index contributed by atoms with van der Waals surface area (Å²) in [5.74, 6) is 2.21. The van der Waals surface area contributed by atoms with E-state index < -0.39 is 0 Å². The summed E-state index contributed by atoms with van der Waals surface area (Å²) >= 11 is 3.38. The first-order valence-corrected chi connectivity index (χ1v) is 7.51. The Morgan fingerprint density at radius 3 is 2.55 bits per heavy atom. The summed E-state index contributed by atoms with van der Waals surface area (Å²) in [5, 5.41) is 3.42. The van der Waals surface area contributed by atoms with Crippen molar-refractivity contribution in [2.24, 2.45) is 5.92 Å². The highest BCUT2D eigenvalue weighted by Gasteiger charge is 2.00. The Morgan fingerprint density at radius 2 is 1.90 bits per heavy atom. The Labute approximate surface area is 128 Å². The summed E-state index contributed by atoms with van der Waals surface area (Å²) in [6, 6.07) is 10.0. The fourth-order valence-corrected chi connectivity index (χ4v) is 2.11. The molecule has 0 radical (unpaired) electrons. The minimum atomic E-state index is 0.668. The summed E-state index contributed by atoms with van der Waals surface area (Å²) in [5.41, 5.74) is 1.25. The standard InChI is InChI=1S/C16H19BrN2O/c1-12(2)8-18-9-13-3-5-15(6-4-13)20-16-7-14(17)10-19-11-16/h3-7,10-12,18H,8-9H2,1-2H3. The van der Waals surface area contributed by atoms with Gasteiger partial charge in [0, 0.05) is 17.2 Å². The highest BCUT2D eigenvalue weighted by Crippen LogP contribution is 2.23. The Hall–Kier alpha value is -1.39. The van der Waals surface area contributed by atoms with E-state index in [0.717, 1.165) is 29.1 Å². The number of benzene rings is 1. The molecule has 0 amide bonds. The fraction of sp³-hybridized carbons (Fsp3) is 0.312. The molecule has 0 unspecified atom stereocenters. The van der Waals surface area contributed by atoms with Crippen molar-refractivity contribution in [2.45, 2.75) is 20.4 Å². The Balaban J connectivity index is 1.91. The highest BCUT2D eigenvalue weighted by molar-refractivity contribution is 9.10. The molecular weight excluding hydrogens is 316 g/mol. The van der Waals surface area contributed by atoms with Gasteiger partial charge in [-0.1, -0.05) is 26.0 Å². The molecule has 0 bridgehead atoms. The molecule has 4 heteroatoms. The second-order valence-electron chi connectivity index (χ2n) is 5.11. The van der Waals surface area contributed by atoms with Gasteiger partial charge in [0.1, 0.15) is 11.5 Å². The van der Waals surface area contributed by atoms with Gasteiger partial charge in [-0.2, -0.15) is 0 Å². The zero-order valence-electron chi connectivity index (χ0n) is 11.8. The lowest BCUT2D eigenvalue weighted by molar-refractivity contribution is 0.479. The van der Waals surface area contributed by atoms with Crippen molar-refractivity contribution in [1.29, 1.82) is 0 Å². The number of hydrogen-bond acceptors (Lipinski definition) is 3. The number of aromatic nitrogens is 1. The Morgan fingerprint density at radius 1 is 1.15 bits per heavy atom. The number of nitrogens with zero attached hydrogens (tertiary/aromatic N) is 1. The monoisotopic (exact) mass is 334 g/mol. The van der Waals surface area contributed by atoms with Crippen LogP contribution >= 0.6 is 15.9 Å². The van der Waals surface area contributed by atoms with E-state index in [1.54, 1.807) is 12.4 Å². The lowest BCUT2D eigenvalue weighted by Crippen LogP contribution is -2.18. The van der Waals surface area contributed by atoms with Crippen LogP contribution in [0.15, 0.2) is 47.2 Å². The summed E-state index contributed by atoms with van der Waals surface area (Å²) < 4.78 is 6.65. The molecular formula is C16H19BrN2O. The molecule has 1 aromatic heterocycles. The lowest BCUT2D eigenvalue weighted by atomic mass is 10.2. The molecule has 1 aromatic carbocycles. The number of hydrogen-bond donors (Lipinski definition) is 1. The lowest BCUT2D eigenvalue weighted by Gasteiger charge is -2.09.